The molecule has 1 heterocycles. The Kier molecular flexibility index (Phi) is 14.0. The topological polar surface area (TPSA) is 74.9 Å². The van der Waals surface area contributed by atoms with Gasteiger partial charge < -0.3 is 24.8 Å². The Morgan fingerprint density at radius 1 is 1.06 bits per heavy atom. The summed E-state index contributed by atoms with van der Waals surface area (Å²) in [5.74, 6) is 2.60. The first kappa shape index (κ1) is 28.2. The molecule has 0 radical (unpaired) electrons. The summed E-state index contributed by atoms with van der Waals surface area (Å²) in [7, 11) is 0. The lowest BCUT2D eigenvalue weighted by Crippen LogP contribution is -2.37. The fourth-order valence-electron chi connectivity index (χ4n) is 3.42. The Morgan fingerprint density at radius 2 is 1.81 bits per heavy atom. The standard InChI is InChI=1S/C24H39N5O2.HI/c1-6-21-20(22(7-2)31-28-21)18-27-24(25-8-3)26-17-19-13-11-12-14-23(19)30-16-15-29(9-4)10-5;/h11-14H,6-10,15-18H2,1-5H3,(H2,25,26,27);1H. The molecule has 0 aliphatic carbocycles. The van der Waals surface area contributed by atoms with Crippen LogP contribution in [0.15, 0.2) is 33.8 Å². The number of likely N-dealkylation sites (N-methyl/N-ethyl adjacent to an activating group) is 1. The van der Waals surface area contributed by atoms with Crippen LogP contribution in [0.4, 0.5) is 0 Å². The maximum absolute atomic E-state index is 6.07. The molecule has 2 aromatic rings. The number of guanidine groups is 1. The van der Waals surface area contributed by atoms with Gasteiger partial charge in [-0.3, -0.25) is 0 Å². The van der Waals surface area contributed by atoms with Gasteiger partial charge in [-0.05, 0) is 32.5 Å². The molecule has 0 saturated heterocycles. The summed E-state index contributed by atoms with van der Waals surface area (Å²) in [5.41, 5.74) is 3.22. The summed E-state index contributed by atoms with van der Waals surface area (Å²) in [6.45, 7) is 16.2. The first-order chi connectivity index (χ1) is 15.2. The molecule has 0 spiro atoms. The first-order valence-electron chi connectivity index (χ1n) is 11.6. The van der Waals surface area contributed by atoms with Gasteiger partial charge in [0.2, 0.25) is 0 Å². The van der Waals surface area contributed by atoms with Crippen LogP contribution in [-0.4, -0.2) is 48.8 Å². The first-order valence-corrected chi connectivity index (χ1v) is 11.6. The molecule has 2 N–H and O–H groups in total. The minimum Gasteiger partial charge on any atom is -0.492 e. The summed E-state index contributed by atoms with van der Waals surface area (Å²) in [6, 6.07) is 8.13. The van der Waals surface area contributed by atoms with E-state index in [4.69, 9.17) is 14.3 Å². The van der Waals surface area contributed by atoms with Crippen LogP contribution < -0.4 is 15.4 Å². The largest absolute Gasteiger partial charge is 0.492 e. The van der Waals surface area contributed by atoms with Crippen molar-refractivity contribution in [2.75, 3.05) is 32.8 Å². The van der Waals surface area contributed by atoms with E-state index in [1.807, 2.05) is 18.2 Å². The third-order valence-electron chi connectivity index (χ3n) is 5.32. The molecule has 0 aliphatic rings. The highest BCUT2D eigenvalue weighted by atomic mass is 127. The lowest BCUT2D eigenvalue weighted by molar-refractivity contribution is 0.221. The van der Waals surface area contributed by atoms with Gasteiger partial charge in [-0.25, -0.2) is 4.99 Å². The number of para-hydroxylation sites is 1. The van der Waals surface area contributed by atoms with Crippen LogP contribution in [0, 0.1) is 0 Å². The van der Waals surface area contributed by atoms with Crippen molar-refractivity contribution in [3.05, 3.63) is 46.8 Å². The third-order valence-corrected chi connectivity index (χ3v) is 5.32. The minimum absolute atomic E-state index is 0. The summed E-state index contributed by atoms with van der Waals surface area (Å²) >= 11 is 0. The molecule has 2 rings (SSSR count). The molecular weight excluding hydrogens is 517 g/mol. The van der Waals surface area contributed by atoms with E-state index in [1.165, 1.54) is 0 Å². The zero-order valence-corrected chi connectivity index (χ0v) is 22.6. The van der Waals surface area contributed by atoms with Crippen LogP contribution in [0.5, 0.6) is 5.75 Å². The molecule has 0 bridgehead atoms. The Bertz CT molecular complexity index is 784. The van der Waals surface area contributed by atoms with E-state index in [1.54, 1.807) is 0 Å². The molecule has 0 atom stereocenters. The molecule has 0 unspecified atom stereocenters. The SMILES string of the molecule is CCNC(=NCc1ccccc1OCCN(CC)CC)NCc1c(CC)noc1CC.I. The second-order valence-electron chi connectivity index (χ2n) is 7.27. The number of ether oxygens (including phenoxy) is 1. The normalized spacial score (nSPS) is 11.4. The van der Waals surface area contributed by atoms with E-state index >= 15 is 0 Å². The van der Waals surface area contributed by atoms with Gasteiger partial charge in [-0.15, -0.1) is 24.0 Å². The summed E-state index contributed by atoms with van der Waals surface area (Å²) in [5, 5.41) is 10.9. The van der Waals surface area contributed by atoms with Crippen molar-refractivity contribution < 1.29 is 9.26 Å². The molecule has 32 heavy (non-hydrogen) atoms. The van der Waals surface area contributed by atoms with E-state index in [0.29, 0.717) is 19.7 Å². The summed E-state index contributed by atoms with van der Waals surface area (Å²) < 4.78 is 11.5. The van der Waals surface area contributed by atoms with Gasteiger partial charge >= 0.3 is 0 Å². The van der Waals surface area contributed by atoms with Crippen molar-refractivity contribution in [1.82, 2.24) is 20.7 Å². The summed E-state index contributed by atoms with van der Waals surface area (Å²) in [6.07, 6.45) is 1.68. The van der Waals surface area contributed by atoms with Crippen LogP contribution in [0.3, 0.4) is 0 Å². The maximum atomic E-state index is 6.07. The molecule has 1 aromatic carbocycles. The third kappa shape index (κ3) is 8.61. The number of rotatable bonds is 13. The van der Waals surface area contributed by atoms with Crippen molar-refractivity contribution in [1.29, 1.82) is 0 Å². The number of benzene rings is 1. The highest BCUT2D eigenvalue weighted by molar-refractivity contribution is 14.0. The molecular formula is C24H40IN5O2. The fourth-order valence-corrected chi connectivity index (χ4v) is 3.42. The van der Waals surface area contributed by atoms with Gasteiger partial charge in [0.1, 0.15) is 18.1 Å². The van der Waals surface area contributed by atoms with Crippen LogP contribution in [0.25, 0.3) is 0 Å². The number of halogens is 1. The number of aliphatic imine (C=N–C) groups is 1. The van der Waals surface area contributed by atoms with Gasteiger partial charge in [-0.1, -0.05) is 51.1 Å². The van der Waals surface area contributed by atoms with Crippen molar-refractivity contribution in [3.8, 4) is 5.75 Å². The average Bonchev–Trinajstić information content (AvgIpc) is 3.21. The molecule has 7 nitrogen and oxygen atoms in total. The number of hydrogen-bond donors (Lipinski definition) is 2. The predicted octanol–water partition coefficient (Wildman–Crippen LogP) is 4.39. The van der Waals surface area contributed by atoms with Crippen LogP contribution in [-0.2, 0) is 25.9 Å². The molecule has 180 valence electrons. The summed E-state index contributed by atoms with van der Waals surface area (Å²) in [4.78, 5) is 7.14. The monoisotopic (exact) mass is 557 g/mol. The van der Waals surface area contributed by atoms with Crippen LogP contribution in [0.1, 0.15) is 57.2 Å². The zero-order valence-electron chi connectivity index (χ0n) is 20.2. The Hall–Kier alpha value is -1.81. The zero-order chi connectivity index (χ0) is 22.5. The second kappa shape index (κ2) is 15.9. The predicted molar refractivity (Wildman–Crippen MR) is 142 cm³/mol. The van der Waals surface area contributed by atoms with Gasteiger partial charge in [-0.2, -0.15) is 0 Å². The molecule has 0 saturated carbocycles. The molecule has 0 amide bonds. The van der Waals surface area contributed by atoms with E-state index in [0.717, 1.165) is 73.3 Å². The smallest absolute Gasteiger partial charge is 0.191 e. The quantitative estimate of drug-likeness (QED) is 0.216. The fraction of sp³-hybridized carbons (Fsp3) is 0.583. The van der Waals surface area contributed by atoms with Gasteiger partial charge in [0.05, 0.1) is 12.2 Å². The van der Waals surface area contributed by atoms with Crippen molar-refractivity contribution in [2.24, 2.45) is 4.99 Å². The average molecular weight is 558 g/mol. The van der Waals surface area contributed by atoms with Gasteiger partial charge in [0.15, 0.2) is 5.96 Å². The Morgan fingerprint density at radius 3 is 2.47 bits per heavy atom. The van der Waals surface area contributed by atoms with Crippen LogP contribution in [0.2, 0.25) is 0 Å². The lowest BCUT2D eigenvalue weighted by Gasteiger charge is -2.19. The van der Waals surface area contributed by atoms with Crippen molar-refractivity contribution in [2.45, 2.75) is 60.5 Å². The van der Waals surface area contributed by atoms with Gasteiger partial charge in [0.25, 0.3) is 0 Å². The van der Waals surface area contributed by atoms with E-state index in [9.17, 15) is 0 Å². The Balaban J connectivity index is 0.00000512. The molecule has 0 aliphatic heterocycles. The number of aromatic nitrogens is 1. The maximum Gasteiger partial charge on any atom is 0.191 e. The minimum atomic E-state index is 0. The number of nitrogens with one attached hydrogen (secondary N) is 2. The van der Waals surface area contributed by atoms with Crippen molar-refractivity contribution in [3.63, 3.8) is 0 Å². The number of aryl methyl sites for hydroxylation is 2. The van der Waals surface area contributed by atoms with Crippen molar-refractivity contribution >= 4 is 29.9 Å². The molecule has 0 fully saturated rings. The number of hydrogen-bond acceptors (Lipinski definition) is 5. The lowest BCUT2D eigenvalue weighted by atomic mass is 10.1. The molecule has 1 aromatic heterocycles. The Labute approximate surface area is 210 Å². The highest BCUT2D eigenvalue weighted by Gasteiger charge is 2.13. The highest BCUT2D eigenvalue weighted by Crippen LogP contribution is 2.19. The van der Waals surface area contributed by atoms with Crippen LogP contribution >= 0.6 is 24.0 Å². The van der Waals surface area contributed by atoms with E-state index in [-0.39, 0.29) is 24.0 Å². The number of nitrogens with zero attached hydrogens (tertiary/aromatic N) is 3. The van der Waals surface area contributed by atoms with Gasteiger partial charge in [0, 0.05) is 37.2 Å². The van der Waals surface area contributed by atoms with E-state index in [2.05, 4.69) is 61.4 Å². The van der Waals surface area contributed by atoms with E-state index < -0.39 is 0 Å². The second-order valence-corrected chi connectivity index (χ2v) is 7.27. The molecule has 8 heteroatoms.